The van der Waals surface area contributed by atoms with E-state index in [9.17, 15) is 9.59 Å². The van der Waals surface area contributed by atoms with Crippen molar-refractivity contribution in [3.8, 4) is 11.8 Å². The van der Waals surface area contributed by atoms with Gasteiger partial charge in [0.15, 0.2) is 0 Å². The molecule has 1 saturated carbocycles. The molecule has 3 rings (SSSR count). The molecule has 0 radical (unpaired) electrons. The van der Waals surface area contributed by atoms with Gasteiger partial charge < -0.3 is 15.4 Å². The van der Waals surface area contributed by atoms with Gasteiger partial charge >= 0.3 is 0 Å². The molecule has 1 aliphatic rings. The summed E-state index contributed by atoms with van der Waals surface area (Å²) < 4.78 is 3.81. The maximum absolute atomic E-state index is 12.8. The van der Waals surface area contributed by atoms with E-state index in [0.29, 0.717) is 32.6 Å². The third kappa shape index (κ3) is 6.81. The summed E-state index contributed by atoms with van der Waals surface area (Å²) in [7, 11) is 1.43. The Morgan fingerprint density at radius 1 is 1.14 bits per heavy atom. The van der Waals surface area contributed by atoms with Crippen molar-refractivity contribution in [2.45, 2.75) is 17.2 Å². The smallest absolute Gasteiger partial charge is 0.252 e. The summed E-state index contributed by atoms with van der Waals surface area (Å²) in [4.78, 5) is 25.4. The summed E-state index contributed by atoms with van der Waals surface area (Å²) in [5, 5.41) is 15.3. The maximum atomic E-state index is 12.8. The van der Waals surface area contributed by atoms with Gasteiger partial charge in [0.2, 0.25) is 5.91 Å². The zero-order valence-corrected chi connectivity index (χ0v) is 23.3. The normalized spacial score (nSPS) is 18.4. The zero-order valence-electron chi connectivity index (χ0n) is 19.5. The Morgan fingerprint density at radius 3 is 2.38 bits per heavy atom. The van der Waals surface area contributed by atoms with Crippen LogP contribution in [0.1, 0.15) is 24.0 Å². The molecule has 0 aliphatic heterocycles. The van der Waals surface area contributed by atoms with Crippen LogP contribution in [0.4, 0.5) is 5.69 Å². The number of methoxy groups -OCH3 is 1. The number of hydrogen-bond acceptors (Lipinski definition) is 4. The van der Waals surface area contributed by atoms with E-state index < -0.39 is 28.0 Å². The van der Waals surface area contributed by atoms with Crippen molar-refractivity contribution in [3.05, 3.63) is 92.6 Å². The lowest BCUT2D eigenvalue weighted by Crippen LogP contribution is -2.25. The number of hydrogen-bond donors (Lipinski definition) is 2. The molecule has 0 bridgehead atoms. The maximum Gasteiger partial charge on any atom is 0.252 e. The zero-order chi connectivity index (χ0) is 27.5. The highest BCUT2D eigenvalue weighted by Gasteiger charge is 2.67. The van der Waals surface area contributed by atoms with Gasteiger partial charge in [-0.1, -0.05) is 41.4 Å². The molecule has 1 aliphatic carbocycles. The molecule has 2 aromatic carbocycles. The van der Waals surface area contributed by atoms with E-state index in [2.05, 4.69) is 17.2 Å². The molecular weight excluding hydrogens is 580 g/mol. The fraction of sp³-hybridized carbons (Fsp3) is 0.192. The Morgan fingerprint density at radius 2 is 1.78 bits per heavy atom. The highest BCUT2D eigenvalue weighted by Crippen LogP contribution is 2.65. The minimum Gasteiger partial charge on any atom is -0.495 e. The topological polar surface area (TPSA) is 91.2 Å². The van der Waals surface area contributed by atoms with Gasteiger partial charge in [-0.15, -0.1) is 23.2 Å². The molecule has 0 saturated heterocycles. The monoisotopic (exact) mass is 597 g/mol. The SMILES string of the molecule is C=C(/C=C\C(Cl)=C(/C)C(=O)Nc1ccc(C#N)c(OC)c1)NC(=O)C1C(c2cc(Cl)cc(Cl)c2)C1(Cl)Cl. The predicted molar refractivity (Wildman–Crippen MR) is 148 cm³/mol. The van der Waals surface area contributed by atoms with Crippen molar-refractivity contribution in [2.75, 3.05) is 12.4 Å². The number of allylic oxidation sites excluding steroid dienone is 3. The van der Waals surface area contributed by atoms with E-state index in [-0.39, 0.29) is 16.3 Å². The first kappa shape index (κ1) is 28.9. The Bertz CT molecular complexity index is 1360. The van der Waals surface area contributed by atoms with Crippen molar-refractivity contribution >= 4 is 75.5 Å². The van der Waals surface area contributed by atoms with Crippen LogP contribution in [0, 0.1) is 17.2 Å². The molecule has 0 aromatic heterocycles. The van der Waals surface area contributed by atoms with E-state index in [1.54, 1.807) is 24.3 Å². The Balaban J connectivity index is 1.63. The summed E-state index contributed by atoms with van der Waals surface area (Å²) in [5.74, 6) is -1.83. The first-order valence-corrected chi connectivity index (χ1v) is 12.6. The molecule has 0 spiro atoms. The third-order valence-corrected chi connectivity index (χ3v) is 7.36. The molecule has 2 aromatic rings. The van der Waals surface area contributed by atoms with Crippen LogP contribution in [0.5, 0.6) is 5.75 Å². The predicted octanol–water partition coefficient (Wildman–Crippen LogP) is 7.10. The number of ether oxygens (including phenoxy) is 1. The Kier molecular flexibility index (Phi) is 9.22. The van der Waals surface area contributed by atoms with Crippen molar-refractivity contribution in [2.24, 2.45) is 5.92 Å². The lowest BCUT2D eigenvalue weighted by molar-refractivity contribution is -0.121. The van der Waals surface area contributed by atoms with Gasteiger partial charge in [0.05, 0.1) is 18.6 Å². The molecule has 1 fully saturated rings. The summed E-state index contributed by atoms with van der Waals surface area (Å²) in [6, 6.07) is 11.5. The van der Waals surface area contributed by atoms with Crippen molar-refractivity contribution in [3.63, 3.8) is 0 Å². The van der Waals surface area contributed by atoms with E-state index in [4.69, 9.17) is 68.0 Å². The quantitative estimate of drug-likeness (QED) is 0.192. The molecule has 2 amide bonds. The summed E-state index contributed by atoms with van der Waals surface area (Å²) in [6.45, 7) is 5.32. The fourth-order valence-corrected chi connectivity index (χ4v) is 5.11. The third-order valence-electron chi connectivity index (χ3n) is 5.57. The van der Waals surface area contributed by atoms with Gasteiger partial charge in [-0.05, 0) is 55.0 Å². The molecule has 37 heavy (non-hydrogen) atoms. The minimum absolute atomic E-state index is 0.121. The molecule has 192 valence electrons. The van der Waals surface area contributed by atoms with Gasteiger partial charge in [-0.3, -0.25) is 9.59 Å². The number of alkyl halides is 2. The molecule has 11 heteroatoms. The number of carbonyl (C=O) groups excluding carboxylic acids is 2. The first-order valence-electron chi connectivity index (χ1n) is 10.7. The molecule has 2 unspecified atom stereocenters. The molecular formula is C26H20Cl5N3O3. The van der Waals surface area contributed by atoms with Crippen molar-refractivity contribution < 1.29 is 14.3 Å². The number of nitriles is 1. The van der Waals surface area contributed by atoms with Crippen LogP contribution >= 0.6 is 58.0 Å². The number of rotatable bonds is 8. The van der Waals surface area contributed by atoms with Gasteiger partial charge in [-0.25, -0.2) is 0 Å². The van der Waals surface area contributed by atoms with Crippen LogP contribution in [0.3, 0.4) is 0 Å². The second kappa shape index (κ2) is 11.8. The van der Waals surface area contributed by atoms with Crippen LogP contribution in [-0.4, -0.2) is 23.3 Å². The van der Waals surface area contributed by atoms with Crippen LogP contribution in [-0.2, 0) is 9.59 Å². The fourth-order valence-electron chi connectivity index (χ4n) is 3.59. The number of benzene rings is 2. The molecule has 6 nitrogen and oxygen atoms in total. The number of nitrogens with one attached hydrogen (secondary N) is 2. The average Bonchev–Trinajstić information content (AvgIpc) is 3.43. The van der Waals surface area contributed by atoms with Crippen molar-refractivity contribution in [1.82, 2.24) is 5.32 Å². The van der Waals surface area contributed by atoms with Crippen LogP contribution < -0.4 is 15.4 Å². The summed E-state index contributed by atoms with van der Waals surface area (Å²) >= 11 is 31.1. The van der Waals surface area contributed by atoms with Gasteiger partial charge in [0.25, 0.3) is 5.91 Å². The number of nitrogens with zero attached hydrogens (tertiary/aromatic N) is 1. The van der Waals surface area contributed by atoms with Crippen LogP contribution in [0.15, 0.2) is 71.4 Å². The number of halogens is 5. The Hall–Kier alpha value is -2.66. The van der Waals surface area contributed by atoms with E-state index >= 15 is 0 Å². The molecule has 0 heterocycles. The lowest BCUT2D eigenvalue weighted by Gasteiger charge is -2.09. The minimum atomic E-state index is -1.33. The van der Waals surface area contributed by atoms with Gasteiger partial charge in [0.1, 0.15) is 16.2 Å². The van der Waals surface area contributed by atoms with Gasteiger partial charge in [0, 0.05) is 44.0 Å². The largest absolute Gasteiger partial charge is 0.495 e. The van der Waals surface area contributed by atoms with Crippen molar-refractivity contribution in [1.29, 1.82) is 5.26 Å². The van der Waals surface area contributed by atoms with Gasteiger partial charge in [-0.2, -0.15) is 5.26 Å². The average molecular weight is 600 g/mol. The highest BCUT2D eigenvalue weighted by atomic mass is 35.5. The molecule has 2 atom stereocenters. The van der Waals surface area contributed by atoms with E-state index in [1.165, 1.54) is 38.3 Å². The first-order chi connectivity index (χ1) is 17.4. The van der Waals surface area contributed by atoms with E-state index in [0.717, 1.165) is 0 Å². The highest BCUT2D eigenvalue weighted by molar-refractivity contribution is 6.53. The standard InChI is InChI=1S/C26H20Cl5N3O3/c1-13(33-25(36)23-22(26(23,30)31)16-8-17(27)10-18(28)9-16)4-7-20(29)14(2)24(35)34-19-6-5-15(12-32)21(11-19)37-3/h4-11,22-23H,1H2,2-3H3,(H,33,36)(H,34,35)/b7-4-,20-14-. The number of anilines is 1. The summed E-state index contributed by atoms with van der Waals surface area (Å²) in [5.41, 5.74) is 1.84. The lowest BCUT2D eigenvalue weighted by atomic mass is 10.1. The van der Waals surface area contributed by atoms with Crippen LogP contribution in [0.2, 0.25) is 10.0 Å². The number of amides is 2. The van der Waals surface area contributed by atoms with E-state index in [1.807, 2.05) is 6.07 Å². The van der Waals surface area contributed by atoms with Crippen LogP contribution in [0.25, 0.3) is 0 Å². The Labute approximate surface area is 239 Å². The second-order valence-corrected chi connectivity index (χ2v) is 10.9. The molecule has 2 N–H and O–H groups in total. The summed E-state index contributed by atoms with van der Waals surface area (Å²) in [6.07, 6.45) is 2.87. The second-order valence-electron chi connectivity index (χ2n) is 8.13. The number of carbonyl (C=O) groups is 2.